The molecule has 0 aliphatic rings. The smallest absolute Gasteiger partial charge is 0.133 e. The summed E-state index contributed by atoms with van der Waals surface area (Å²) in [4.78, 5) is 0. The zero-order chi connectivity index (χ0) is 15.2. The number of rotatable bonds is 6. The van der Waals surface area contributed by atoms with E-state index in [4.69, 9.17) is 10.5 Å². The number of ether oxygens (including phenoxy) is 1. The lowest BCUT2D eigenvalue weighted by Gasteiger charge is -2.14. The fourth-order valence-electron chi connectivity index (χ4n) is 2.20. The summed E-state index contributed by atoms with van der Waals surface area (Å²) in [6.07, 6.45) is 3.56. The molecule has 2 nitrogen and oxygen atoms in total. The van der Waals surface area contributed by atoms with E-state index in [0.717, 1.165) is 28.0 Å². The van der Waals surface area contributed by atoms with Crippen molar-refractivity contribution in [3.8, 4) is 11.5 Å². The van der Waals surface area contributed by atoms with Gasteiger partial charge in [-0.2, -0.15) is 0 Å². The third-order valence-electron chi connectivity index (χ3n) is 3.44. The first-order valence-electron chi connectivity index (χ1n) is 7.42. The lowest BCUT2D eigenvalue weighted by Crippen LogP contribution is -2.06. The predicted molar refractivity (Wildman–Crippen MR) is 91.9 cm³/mol. The Labute approximate surface area is 135 Å². The average Bonchev–Trinajstić information content (AvgIpc) is 2.46. The number of aryl methyl sites for hydroxylation is 1. The van der Waals surface area contributed by atoms with E-state index in [1.165, 1.54) is 18.4 Å². The second kappa shape index (κ2) is 7.62. The van der Waals surface area contributed by atoms with E-state index in [0.29, 0.717) is 0 Å². The molecule has 0 heterocycles. The Morgan fingerprint density at radius 1 is 1.14 bits per heavy atom. The third-order valence-corrected chi connectivity index (χ3v) is 3.93. The van der Waals surface area contributed by atoms with Gasteiger partial charge in [0.05, 0.1) is 0 Å². The minimum atomic E-state index is -0.0584. The Balaban J connectivity index is 2.16. The highest BCUT2D eigenvalue weighted by atomic mass is 79.9. The number of nitrogens with two attached hydrogens (primary N) is 1. The lowest BCUT2D eigenvalue weighted by atomic mass is 10.1. The van der Waals surface area contributed by atoms with Crippen LogP contribution in [0.2, 0.25) is 0 Å². The highest BCUT2D eigenvalue weighted by Crippen LogP contribution is 2.31. The maximum absolute atomic E-state index is 6.00. The maximum Gasteiger partial charge on any atom is 0.133 e. The molecule has 112 valence electrons. The molecule has 0 aliphatic carbocycles. The third kappa shape index (κ3) is 4.58. The fourth-order valence-corrected chi connectivity index (χ4v) is 2.54. The van der Waals surface area contributed by atoms with Crippen LogP contribution in [-0.2, 0) is 6.42 Å². The van der Waals surface area contributed by atoms with E-state index in [1.54, 1.807) is 0 Å². The minimum Gasteiger partial charge on any atom is -0.457 e. The molecule has 0 spiro atoms. The van der Waals surface area contributed by atoms with Gasteiger partial charge in [0.25, 0.3) is 0 Å². The number of unbranched alkanes of at least 4 members (excludes halogenated alkanes) is 1. The first-order valence-corrected chi connectivity index (χ1v) is 8.21. The molecule has 1 atom stereocenters. The summed E-state index contributed by atoms with van der Waals surface area (Å²) in [7, 11) is 0. The monoisotopic (exact) mass is 347 g/mol. The van der Waals surface area contributed by atoms with Gasteiger partial charge in [0, 0.05) is 16.1 Å². The van der Waals surface area contributed by atoms with E-state index in [9.17, 15) is 0 Å². The Morgan fingerprint density at radius 3 is 2.48 bits per heavy atom. The summed E-state index contributed by atoms with van der Waals surface area (Å²) < 4.78 is 6.99. The van der Waals surface area contributed by atoms with Crippen molar-refractivity contribution >= 4 is 15.9 Å². The Hall–Kier alpha value is -1.32. The number of hydrogen-bond acceptors (Lipinski definition) is 2. The number of hydrogen-bond donors (Lipinski definition) is 1. The molecule has 2 rings (SSSR count). The van der Waals surface area contributed by atoms with Crippen LogP contribution in [0, 0.1) is 0 Å². The van der Waals surface area contributed by atoms with Crippen LogP contribution in [-0.4, -0.2) is 0 Å². The van der Waals surface area contributed by atoms with E-state index in [2.05, 4.69) is 35.0 Å². The molecule has 21 heavy (non-hydrogen) atoms. The number of benzene rings is 2. The molecule has 0 aromatic heterocycles. The first-order chi connectivity index (χ1) is 10.1. The molecule has 3 heteroatoms. The van der Waals surface area contributed by atoms with Crippen LogP contribution >= 0.6 is 15.9 Å². The van der Waals surface area contributed by atoms with E-state index in [-0.39, 0.29) is 6.04 Å². The van der Waals surface area contributed by atoms with Crippen molar-refractivity contribution in [2.45, 2.75) is 39.2 Å². The van der Waals surface area contributed by atoms with Gasteiger partial charge in [0.2, 0.25) is 0 Å². The summed E-state index contributed by atoms with van der Waals surface area (Å²) >= 11 is 3.48. The van der Waals surface area contributed by atoms with Crippen LogP contribution in [0.15, 0.2) is 46.9 Å². The Morgan fingerprint density at radius 2 is 1.86 bits per heavy atom. The van der Waals surface area contributed by atoms with E-state index >= 15 is 0 Å². The van der Waals surface area contributed by atoms with Crippen molar-refractivity contribution in [2.75, 3.05) is 0 Å². The van der Waals surface area contributed by atoms with Gasteiger partial charge in [-0.25, -0.2) is 0 Å². The molecule has 0 saturated heterocycles. The molecule has 0 amide bonds. The van der Waals surface area contributed by atoms with E-state index < -0.39 is 0 Å². The average molecular weight is 348 g/mol. The quantitative estimate of drug-likeness (QED) is 0.737. The summed E-state index contributed by atoms with van der Waals surface area (Å²) in [5, 5.41) is 0. The first kappa shape index (κ1) is 16.1. The molecule has 0 bridgehead atoms. The summed E-state index contributed by atoms with van der Waals surface area (Å²) in [6.45, 7) is 4.17. The normalized spacial score (nSPS) is 12.2. The predicted octanol–water partition coefficient (Wildman–Crippen LogP) is 5.60. The largest absolute Gasteiger partial charge is 0.457 e. The van der Waals surface area contributed by atoms with Crippen molar-refractivity contribution in [2.24, 2.45) is 5.73 Å². The van der Waals surface area contributed by atoms with Gasteiger partial charge in [-0.1, -0.05) is 47.5 Å². The standard InChI is InChI=1S/C18H22BrNO/c1-3-4-5-14-6-9-16(10-7-14)21-18-12-15(19)8-11-17(18)13(2)20/h6-13H,3-5,20H2,1-2H3. The molecule has 1 unspecified atom stereocenters. The summed E-state index contributed by atoms with van der Waals surface area (Å²) in [5.41, 5.74) is 8.36. The zero-order valence-electron chi connectivity index (χ0n) is 12.6. The van der Waals surface area contributed by atoms with Gasteiger partial charge < -0.3 is 10.5 Å². The Bertz CT molecular complexity index is 578. The van der Waals surface area contributed by atoms with Crippen LogP contribution in [0.5, 0.6) is 11.5 Å². The highest BCUT2D eigenvalue weighted by Gasteiger charge is 2.09. The van der Waals surface area contributed by atoms with Crippen molar-refractivity contribution in [1.29, 1.82) is 0 Å². The fraction of sp³-hybridized carbons (Fsp3) is 0.333. The molecule has 2 aromatic carbocycles. The van der Waals surface area contributed by atoms with Crippen molar-refractivity contribution in [3.63, 3.8) is 0 Å². The SMILES string of the molecule is CCCCc1ccc(Oc2cc(Br)ccc2C(C)N)cc1. The van der Waals surface area contributed by atoms with Crippen molar-refractivity contribution < 1.29 is 4.74 Å². The van der Waals surface area contributed by atoms with Gasteiger partial charge in [-0.3, -0.25) is 0 Å². The highest BCUT2D eigenvalue weighted by molar-refractivity contribution is 9.10. The van der Waals surface area contributed by atoms with Gasteiger partial charge in [0.15, 0.2) is 0 Å². The molecular formula is C18H22BrNO. The minimum absolute atomic E-state index is 0.0584. The summed E-state index contributed by atoms with van der Waals surface area (Å²) in [6, 6.07) is 14.2. The van der Waals surface area contributed by atoms with Crippen LogP contribution < -0.4 is 10.5 Å². The van der Waals surface area contributed by atoms with Crippen molar-refractivity contribution in [1.82, 2.24) is 0 Å². The molecular weight excluding hydrogens is 326 g/mol. The van der Waals surface area contributed by atoms with Crippen molar-refractivity contribution in [3.05, 3.63) is 58.1 Å². The molecule has 0 fully saturated rings. The summed E-state index contributed by atoms with van der Waals surface area (Å²) in [5.74, 6) is 1.65. The van der Waals surface area contributed by atoms with E-state index in [1.807, 2.05) is 37.3 Å². The molecule has 0 saturated carbocycles. The Kier molecular flexibility index (Phi) is 5.83. The van der Waals surface area contributed by atoms with Gasteiger partial charge in [0.1, 0.15) is 11.5 Å². The zero-order valence-corrected chi connectivity index (χ0v) is 14.2. The van der Waals surface area contributed by atoms with Gasteiger partial charge in [-0.05, 0) is 49.6 Å². The van der Waals surface area contributed by atoms with Crippen LogP contribution in [0.25, 0.3) is 0 Å². The molecule has 0 aliphatic heterocycles. The number of halogens is 1. The van der Waals surface area contributed by atoms with Crippen LogP contribution in [0.1, 0.15) is 43.9 Å². The van der Waals surface area contributed by atoms with Gasteiger partial charge in [-0.15, -0.1) is 0 Å². The second-order valence-electron chi connectivity index (χ2n) is 5.32. The molecule has 0 radical (unpaired) electrons. The van der Waals surface area contributed by atoms with Crippen LogP contribution in [0.3, 0.4) is 0 Å². The maximum atomic E-state index is 6.00. The second-order valence-corrected chi connectivity index (χ2v) is 6.24. The molecule has 2 N–H and O–H groups in total. The van der Waals surface area contributed by atoms with Crippen LogP contribution in [0.4, 0.5) is 0 Å². The molecule has 2 aromatic rings. The lowest BCUT2D eigenvalue weighted by molar-refractivity contribution is 0.471. The van der Waals surface area contributed by atoms with Gasteiger partial charge >= 0.3 is 0 Å². The topological polar surface area (TPSA) is 35.2 Å².